The molecule has 0 radical (unpaired) electrons. The average Bonchev–Trinajstić information content (AvgIpc) is 3.02. The van der Waals surface area contributed by atoms with Crippen LogP contribution in [0.3, 0.4) is 0 Å². The highest BCUT2D eigenvalue weighted by atomic mass is 16.3. The Kier molecular flexibility index (Phi) is 4.42. The van der Waals surface area contributed by atoms with Crippen LogP contribution < -0.4 is 0 Å². The lowest BCUT2D eigenvalue weighted by Crippen LogP contribution is -2.47. The van der Waals surface area contributed by atoms with Crippen LogP contribution in [0.4, 0.5) is 0 Å². The predicted molar refractivity (Wildman–Crippen MR) is 93.9 cm³/mol. The van der Waals surface area contributed by atoms with E-state index in [0.717, 1.165) is 36.8 Å². The number of rotatable bonds is 5. The Hall–Kier alpha value is -1.29. The van der Waals surface area contributed by atoms with Gasteiger partial charge in [0.1, 0.15) is 11.5 Å². The van der Waals surface area contributed by atoms with Crippen molar-refractivity contribution in [3.05, 3.63) is 23.7 Å². The fourth-order valence-electron chi connectivity index (χ4n) is 4.74. The fourth-order valence-corrected chi connectivity index (χ4v) is 4.74. The largest absolute Gasteiger partial charge is 0.466 e. The minimum Gasteiger partial charge on any atom is -0.466 e. The Morgan fingerprint density at radius 3 is 2.67 bits per heavy atom. The quantitative estimate of drug-likeness (QED) is 0.830. The Bertz CT molecular complexity index is 596. The summed E-state index contributed by atoms with van der Waals surface area (Å²) in [7, 11) is 2.21. The van der Waals surface area contributed by atoms with Gasteiger partial charge in [-0.25, -0.2) is 0 Å². The van der Waals surface area contributed by atoms with Crippen molar-refractivity contribution in [2.45, 2.75) is 69.9 Å². The van der Waals surface area contributed by atoms with E-state index in [1.54, 1.807) is 0 Å². The van der Waals surface area contributed by atoms with Gasteiger partial charge >= 0.3 is 0 Å². The summed E-state index contributed by atoms with van der Waals surface area (Å²) in [5.74, 6) is 3.80. The van der Waals surface area contributed by atoms with Crippen LogP contribution in [0.1, 0.15) is 62.9 Å². The van der Waals surface area contributed by atoms with Crippen LogP contribution in [0.25, 0.3) is 0 Å². The molecular weight excluding hydrogens is 300 g/mol. The summed E-state index contributed by atoms with van der Waals surface area (Å²) >= 11 is 0. The average molecular weight is 330 g/mol. The monoisotopic (exact) mass is 330 g/mol. The molecule has 0 N–H and O–H groups in total. The maximum atomic E-state index is 12.8. The van der Waals surface area contributed by atoms with E-state index in [2.05, 4.69) is 35.9 Å². The van der Waals surface area contributed by atoms with Crippen LogP contribution in [0, 0.1) is 5.92 Å². The molecule has 4 nitrogen and oxygen atoms in total. The van der Waals surface area contributed by atoms with Gasteiger partial charge in [0.15, 0.2) is 0 Å². The van der Waals surface area contributed by atoms with Gasteiger partial charge in [-0.3, -0.25) is 4.79 Å². The first kappa shape index (κ1) is 16.2. The van der Waals surface area contributed by atoms with Crippen LogP contribution >= 0.6 is 0 Å². The second kappa shape index (κ2) is 6.55. The maximum Gasteiger partial charge on any atom is 0.223 e. The number of nitrogens with zero attached hydrogens (tertiary/aromatic N) is 2. The van der Waals surface area contributed by atoms with E-state index in [1.807, 2.05) is 0 Å². The first-order chi connectivity index (χ1) is 11.6. The molecule has 3 aliphatic rings. The lowest BCUT2D eigenvalue weighted by molar-refractivity contribution is -0.133. The Morgan fingerprint density at radius 1 is 1.21 bits per heavy atom. The van der Waals surface area contributed by atoms with Gasteiger partial charge in [0.25, 0.3) is 0 Å². The van der Waals surface area contributed by atoms with Crippen molar-refractivity contribution < 1.29 is 9.21 Å². The number of hydrogen-bond acceptors (Lipinski definition) is 3. The number of amides is 1. The molecule has 1 saturated carbocycles. The lowest BCUT2D eigenvalue weighted by atomic mass is 10.0. The summed E-state index contributed by atoms with van der Waals surface area (Å²) in [4.78, 5) is 17.4. The van der Waals surface area contributed by atoms with E-state index >= 15 is 0 Å². The van der Waals surface area contributed by atoms with E-state index < -0.39 is 0 Å². The molecule has 4 atom stereocenters. The Morgan fingerprint density at radius 2 is 1.96 bits per heavy atom. The van der Waals surface area contributed by atoms with Gasteiger partial charge in [0.2, 0.25) is 5.91 Å². The van der Waals surface area contributed by atoms with Crippen molar-refractivity contribution in [3.63, 3.8) is 0 Å². The van der Waals surface area contributed by atoms with Crippen molar-refractivity contribution in [3.8, 4) is 0 Å². The van der Waals surface area contributed by atoms with Crippen LogP contribution in [0.15, 0.2) is 16.5 Å². The third kappa shape index (κ3) is 3.13. The highest BCUT2D eigenvalue weighted by molar-refractivity contribution is 5.77. The number of likely N-dealkylation sites (tertiary alicyclic amines) is 2. The molecule has 0 spiro atoms. The van der Waals surface area contributed by atoms with Crippen molar-refractivity contribution >= 4 is 5.91 Å². The SMILES string of the molecule is C[C@@H]1C[C@@H]1c1ccc(CCC(=O)N2CCC[C@H]2[C@H]2CCCN2C)o1. The third-order valence-corrected chi connectivity index (χ3v) is 6.38. The zero-order valence-electron chi connectivity index (χ0n) is 15.0. The maximum absolute atomic E-state index is 12.8. The van der Waals surface area contributed by atoms with E-state index in [9.17, 15) is 4.79 Å². The molecule has 1 aromatic heterocycles. The summed E-state index contributed by atoms with van der Waals surface area (Å²) in [6, 6.07) is 5.19. The first-order valence-electron chi connectivity index (χ1n) is 9.72. The molecule has 3 fully saturated rings. The molecule has 1 amide bonds. The molecule has 132 valence electrons. The summed E-state index contributed by atoms with van der Waals surface area (Å²) < 4.78 is 5.96. The van der Waals surface area contributed by atoms with Gasteiger partial charge < -0.3 is 14.2 Å². The molecule has 0 bridgehead atoms. The highest BCUT2D eigenvalue weighted by Gasteiger charge is 2.38. The second-order valence-corrected chi connectivity index (χ2v) is 8.11. The standard InChI is InChI=1S/C20H30N2O2/c1-14-13-16(14)19-9-7-15(24-19)8-10-20(23)22-12-4-6-18(22)17-5-3-11-21(17)2/h7,9,14,16-18H,3-6,8,10-13H2,1-2H3/t14-,16+,17-,18+/m1/s1. The summed E-state index contributed by atoms with van der Waals surface area (Å²) in [6.07, 6.45) is 7.41. The lowest BCUT2D eigenvalue weighted by Gasteiger charge is -2.33. The number of hydrogen-bond donors (Lipinski definition) is 0. The highest BCUT2D eigenvalue weighted by Crippen LogP contribution is 2.47. The third-order valence-electron chi connectivity index (χ3n) is 6.38. The molecule has 1 aliphatic carbocycles. The molecule has 3 heterocycles. The van der Waals surface area contributed by atoms with Crippen molar-refractivity contribution in [1.29, 1.82) is 0 Å². The summed E-state index contributed by atoms with van der Waals surface area (Å²) in [6.45, 7) is 4.39. The van der Waals surface area contributed by atoms with Gasteiger partial charge in [-0.1, -0.05) is 6.92 Å². The number of aryl methyl sites for hydroxylation is 1. The summed E-state index contributed by atoms with van der Waals surface area (Å²) in [5.41, 5.74) is 0. The van der Waals surface area contributed by atoms with E-state index in [1.165, 1.54) is 32.2 Å². The first-order valence-corrected chi connectivity index (χ1v) is 9.72. The zero-order chi connectivity index (χ0) is 16.7. The van der Waals surface area contributed by atoms with Crippen molar-refractivity contribution in [1.82, 2.24) is 9.80 Å². The molecule has 0 unspecified atom stereocenters. The number of carbonyl (C=O) groups excluding carboxylic acids is 1. The van der Waals surface area contributed by atoms with E-state index in [4.69, 9.17) is 4.42 Å². The minimum atomic E-state index is 0.315. The van der Waals surface area contributed by atoms with Crippen LogP contribution in [0.5, 0.6) is 0 Å². The summed E-state index contributed by atoms with van der Waals surface area (Å²) in [5, 5.41) is 0. The second-order valence-electron chi connectivity index (χ2n) is 8.11. The molecule has 4 heteroatoms. The zero-order valence-corrected chi connectivity index (χ0v) is 15.0. The minimum absolute atomic E-state index is 0.315. The van der Waals surface area contributed by atoms with Crippen LogP contribution in [-0.2, 0) is 11.2 Å². The van der Waals surface area contributed by atoms with Crippen molar-refractivity contribution in [2.75, 3.05) is 20.1 Å². The molecule has 1 aromatic rings. The normalized spacial score (nSPS) is 33.3. The number of carbonyl (C=O) groups is 1. The van der Waals surface area contributed by atoms with Gasteiger partial charge in [-0.15, -0.1) is 0 Å². The molecule has 24 heavy (non-hydrogen) atoms. The van der Waals surface area contributed by atoms with Gasteiger partial charge in [0, 0.05) is 37.4 Å². The molecule has 0 aromatic carbocycles. The molecule has 2 saturated heterocycles. The van der Waals surface area contributed by atoms with E-state index in [0.29, 0.717) is 30.3 Å². The van der Waals surface area contributed by atoms with Crippen molar-refractivity contribution in [2.24, 2.45) is 5.92 Å². The molecule has 4 rings (SSSR count). The predicted octanol–water partition coefficient (Wildman–Crippen LogP) is 3.42. The fraction of sp³-hybridized carbons (Fsp3) is 0.750. The van der Waals surface area contributed by atoms with Gasteiger partial charge in [-0.2, -0.15) is 0 Å². The molecular formula is C20H30N2O2. The number of furan rings is 1. The van der Waals surface area contributed by atoms with E-state index in [-0.39, 0.29) is 0 Å². The van der Waals surface area contributed by atoms with Crippen LogP contribution in [-0.4, -0.2) is 47.9 Å². The topological polar surface area (TPSA) is 36.7 Å². The molecule has 2 aliphatic heterocycles. The Labute approximate surface area is 145 Å². The number of likely N-dealkylation sites (N-methyl/N-ethyl adjacent to an activating group) is 1. The smallest absolute Gasteiger partial charge is 0.223 e. The van der Waals surface area contributed by atoms with Crippen LogP contribution in [0.2, 0.25) is 0 Å². The van der Waals surface area contributed by atoms with Gasteiger partial charge in [0.05, 0.1) is 0 Å². The van der Waals surface area contributed by atoms with Gasteiger partial charge in [-0.05, 0) is 63.7 Å². The Balaban J connectivity index is 1.32.